The largest absolute Gasteiger partial charge is 0.369 e. The number of anilines is 1. The van der Waals surface area contributed by atoms with Gasteiger partial charge in [-0.2, -0.15) is 0 Å². The van der Waals surface area contributed by atoms with Gasteiger partial charge in [0.2, 0.25) is 0 Å². The van der Waals surface area contributed by atoms with E-state index in [2.05, 4.69) is 26.2 Å². The fourth-order valence-electron chi connectivity index (χ4n) is 0.803. The van der Waals surface area contributed by atoms with Crippen molar-refractivity contribution in [2.45, 2.75) is 0 Å². The third kappa shape index (κ3) is 4.38. The van der Waals surface area contributed by atoms with Crippen molar-refractivity contribution in [1.29, 1.82) is 0 Å². The molecule has 1 heterocycles. The van der Waals surface area contributed by atoms with Crippen LogP contribution in [-0.4, -0.2) is 27.7 Å². The molecule has 13 heavy (non-hydrogen) atoms. The van der Waals surface area contributed by atoms with E-state index >= 15 is 0 Å². The molecule has 0 fully saturated rings. The number of nitrogens with zero attached hydrogens (tertiary/aromatic N) is 1. The zero-order chi connectivity index (χ0) is 9.68. The molecule has 0 aliphatic carbocycles. The van der Waals surface area contributed by atoms with E-state index in [-0.39, 0.29) is 0 Å². The standard InChI is InChI=1S/C8H11BrN2OS/c1-13(12)5-4-10-8-3-2-7(9)6-11-8/h2-3,6H,4-5H2,1H3,(H,10,11). The molecule has 0 aliphatic heterocycles. The minimum absolute atomic E-state index is 0.651. The number of halogens is 1. The Balaban J connectivity index is 2.37. The van der Waals surface area contributed by atoms with E-state index in [1.807, 2.05) is 12.1 Å². The van der Waals surface area contributed by atoms with Gasteiger partial charge in [-0.3, -0.25) is 4.21 Å². The van der Waals surface area contributed by atoms with Gasteiger partial charge >= 0.3 is 0 Å². The number of nitrogens with one attached hydrogen (secondary N) is 1. The summed E-state index contributed by atoms with van der Waals surface area (Å²) in [6, 6.07) is 3.79. The lowest BCUT2D eigenvalue weighted by Gasteiger charge is -2.03. The van der Waals surface area contributed by atoms with Gasteiger partial charge in [0.1, 0.15) is 5.82 Å². The smallest absolute Gasteiger partial charge is 0.125 e. The summed E-state index contributed by atoms with van der Waals surface area (Å²) in [5.74, 6) is 1.46. The normalized spacial score (nSPS) is 12.5. The van der Waals surface area contributed by atoms with Crippen LogP contribution in [0, 0.1) is 0 Å². The molecule has 0 aliphatic rings. The molecule has 0 spiro atoms. The first-order chi connectivity index (χ1) is 6.18. The summed E-state index contributed by atoms with van der Waals surface area (Å²) in [5, 5.41) is 3.08. The Hall–Kier alpha value is -0.420. The van der Waals surface area contributed by atoms with E-state index in [0.717, 1.165) is 10.3 Å². The molecule has 0 aromatic carbocycles. The highest BCUT2D eigenvalue weighted by Crippen LogP contribution is 2.09. The third-order valence-electron chi connectivity index (χ3n) is 1.42. The van der Waals surface area contributed by atoms with Gasteiger partial charge in [-0.15, -0.1) is 0 Å². The van der Waals surface area contributed by atoms with Gasteiger partial charge < -0.3 is 5.32 Å². The molecule has 1 aromatic heterocycles. The fourth-order valence-corrected chi connectivity index (χ4v) is 1.43. The zero-order valence-corrected chi connectivity index (χ0v) is 9.69. The SMILES string of the molecule is CS(=O)CCNc1ccc(Br)cn1. The van der Waals surface area contributed by atoms with Crippen molar-refractivity contribution in [3.05, 3.63) is 22.8 Å². The summed E-state index contributed by atoms with van der Waals surface area (Å²) in [6.07, 6.45) is 3.42. The Labute approximate surface area is 88.5 Å². The van der Waals surface area contributed by atoms with Gasteiger partial charge in [0.25, 0.3) is 0 Å². The maximum Gasteiger partial charge on any atom is 0.125 e. The highest BCUT2D eigenvalue weighted by Gasteiger charge is 1.94. The van der Waals surface area contributed by atoms with Crippen molar-refractivity contribution < 1.29 is 4.21 Å². The lowest BCUT2D eigenvalue weighted by atomic mass is 10.4. The van der Waals surface area contributed by atoms with Crippen molar-refractivity contribution in [3.8, 4) is 0 Å². The van der Waals surface area contributed by atoms with Crippen molar-refractivity contribution >= 4 is 32.5 Å². The van der Waals surface area contributed by atoms with Gasteiger partial charge in [-0.1, -0.05) is 0 Å². The molecular formula is C8H11BrN2OS. The molecule has 72 valence electrons. The number of hydrogen-bond donors (Lipinski definition) is 1. The van der Waals surface area contributed by atoms with Crippen LogP contribution in [-0.2, 0) is 10.8 Å². The number of rotatable bonds is 4. The zero-order valence-electron chi connectivity index (χ0n) is 7.29. The first-order valence-electron chi connectivity index (χ1n) is 3.84. The van der Waals surface area contributed by atoms with Crippen LogP contribution >= 0.6 is 15.9 Å². The second kappa shape index (κ2) is 5.34. The molecule has 5 heteroatoms. The Morgan fingerprint density at radius 2 is 2.38 bits per heavy atom. The summed E-state index contributed by atoms with van der Waals surface area (Å²) in [5.41, 5.74) is 0. The average molecular weight is 263 g/mol. The Kier molecular flexibility index (Phi) is 4.38. The van der Waals surface area contributed by atoms with E-state index in [1.165, 1.54) is 0 Å². The predicted molar refractivity (Wildman–Crippen MR) is 59.4 cm³/mol. The number of hydrogen-bond acceptors (Lipinski definition) is 3. The van der Waals surface area contributed by atoms with Crippen LogP contribution in [0.3, 0.4) is 0 Å². The van der Waals surface area contributed by atoms with Gasteiger partial charge in [0, 0.05) is 40.0 Å². The van der Waals surface area contributed by atoms with Crippen molar-refractivity contribution in [2.75, 3.05) is 23.9 Å². The third-order valence-corrected chi connectivity index (χ3v) is 2.67. The molecule has 1 unspecified atom stereocenters. The summed E-state index contributed by atoms with van der Waals surface area (Å²) < 4.78 is 11.7. The minimum Gasteiger partial charge on any atom is -0.369 e. The Bertz CT molecular complexity index is 289. The van der Waals surface area contributed by atoms with Crippen molar-refractivity contribution in [1.82, 2.24) is 4.98 Å². The summed E-state index contributed by atoms with van der Waals surface area (Å²) >= 11 is 3.30. The monoisotopic (exact) mass is 262 g/mol. The number of pyridine rings is 1. The van der Waals surface area contributed by atoms with E-state index < -0.39 is 10.8 Å². The highest BCUT2D eigenvalue weighted by atomic mass is 79.9. The molecule has 1 N–H and O–H groups in total. The topological polar surface area (TPSA) is 42.0 Å². The van der Waals surface area contributed by atoms with Gasteiger partial charge in [0.05, 0.1) is 0 Å². The van der Waals surface area contributed by atoms with Crippen LogP contribution in [0.2, 0.25) is 0 Å². The summed E-state index contributed by atoms with van der Waals surface area (Å²) in [7, 11) is -0.743. The first kappa shape index (κ1) is 10.7. The van der Waals surface area contributed by atoms with E-state index in [9.17, 15) is 4.21 Å². The lowest BCUT2D eigenvalue weighted by Crippen LogP contribution is -2.10. The molecule has 0 radical (unpaired) electrons. The highest BCUT2D eigenvalue weighted by molar-refractivity contribution is 9.10. The maximum atomic E-state index is 10.7. The Morgan fingerprint density at radius 1 is 1.62 bits per heavy atom. The van der Waals surface area contributed by atoms with Gasteiger partial charge in [-0.25, -0.2) is 4.98 Å². The van der Waals surface area contributed by atoms with Crippen LogP contribution < -0.4 is 5.32 Å². The molecule has 1 aromatic rings. The second-order valence-corrected chi connectivity index (χ2v) is 5.04. The van der Waals surface area contributed by atoms with Crippen LogP contribution in [0.4, 0.5) is 5.82 Å². The van der Waals surface area contributed by atoms with Gasteiger partial charge in [-0.05, 0) is 28.1 Å². The molecule has 0 saturated heterocycles. The molecule has 3 nitrogen and oxygen atoms in total. The van der Waals surface area contributed by atoms with Gasteiger partial charge in [0.15, 0.2) is 0 Å². The minimum atomic E-state index is -0.743. The van der Waals surface area contributed by atoms with Crippen LogP contribution in [0.25, 0.3) is 0 Å². The summed E-state index contributed by atoms with van der Waals surface area (Å²) in [6.45, 7) is 0.692. The van der Waals surface area contributed by atoms with Crippen LogP contribution in [0.5, 0.6) is 0 Å². The molecule has 0 bridgehead atoms. The molecule has 1 rings (SSSR count). The van der Waals surface area contributed by atoms with Crippen molar-refractivity contribution in [2.24, 2.45) is 0 Å². The Morgan fingerprint density at radius 3 is 2.92 bits per heavy atom. The van der Waals surface area contributed by atoms with E-state index in [4.69, 9.17) is 0 Å². The average Bonchev–Trinajstić information content (AvgIpc) is 2.08. The van der Waals surface area contributed by atoms with Crippen LogP contribution in [0.1, 0.15) is 0 Å². The molecule has 0 amide bonds. The maximum absolute atomic E-state index is 10.7. The lowest BCUT2D eigenvalue weighted by molar-refractivity contribution is 0.687. The summed E-state index contributed by atoms with van der Waals surface area (Å²) in [4.78, 5) is 4.12. The first-order valence-corrected chi connectivity index (χ1v) is 6.36. The van der Waals surface area contributed by atoms with E-state index in [0.29, 0.717) is 12.3 Å². The van der Waals surface area contributed by atoms with Crippen LogP contribution in [0.15, 0.2) is 22.8 Å². The quantitative estimate of drug-likeness (QED) is 0.897. The number of aromatic nitrogens is 1. The molecular weight excluding hydrogens is 252 g/mol. The van der Waals surface area contributed by atoms with E-state index in [1.54, 1.807) is 12.5 Å². The molecule has 1 atom stereocenters. The van der Waals surface area contributed by atoms with Crippen molar-refractivity contribution in [3.63, 3.8) is 0 Å². The second-order valence-electron chi connectivity index (χ2n) is 2.57. The molecule has 0 saturated carbocycles. The fraction of sp³-hybridized carbons (Fsp3) is 0.375. The predicted octanol–water partition coefficient (Wildman–Crippen LogP) is 1.63.